The first-order valence-corrected chi connectivity index (χ1v) is 19.5. The molecule has 268 valence electrons. The lowest BCUT2D eigenvalue weighted by molar-refractivity contribution is -0.117. The minimum atomic E-state index is -0.508. The summed E-state index contributed by atoms with van der Waals surface area (Å²) < 4.78 is 0. The fourth-order valence-electron chi connectivity index (χ4n) is 6.99. The zero-order valence-electron chi connectivity index (χ0n) is 31.3. The van der Waals surface area contributed by atoms with E-state index in [1.54, 1.807) is 0 Å². The van der Waals surface area contributed by atoms with Gasteiger partial charge in [-0.1, -0.05) is 151 Å². The molecular formula is C45H62N4O. The molecule has 1 amide bonds. The number of aliphatic imine (C=N–C) groups is 1. The van der Waals surface area contributed by atoms with Crippen molar-refractivity contribution in [2.75, 3.05) is 18.4 Å². The number of hydrogen-bond acceptors (Lipinski definition) is 2. The summed E-state index contributed by atoms with van der Waals surface area (Å²) >= 11 is 0. The Balaban J connectivity index is 1.54. The minimum absolute atomic E-state index is 0.0598. The van der Waals surface area contributed by atoms with Gasteiger partial charge in [0.25, 0.3) is 0 Å². The van der Waals surface area contributed by atoms with Gasteiger partial charge in [0.15, 0.2) is 5.96 Å². The van der Waals surface area contributed by atoms with E-state index in [0.29, 0.717) is 18.9 Å². The second kappa shape index (κ2) is 21.2. The number of anilines is 1. The summed E-state index contributed by atoms with van der Waals surface area (Å²) in [5, 5.41) is 12.7. The maximum absolute atomic E-state index is 14.2. The number of nitrogens with zero attached hydrogens (tertiary/aromatic N) is 1. The van der Waals surface area contributed by atoms with Crippen LogP contribution >= 0.6 is 0 Å². The number of carbonyl (C=O) groups is 1. The number of carbonyl (C=O) groups excluding carboxylic acids is 1. The lowest BCUT2D eigenvalue weighted by Gasteiger charge is -2.35. The van der Waals surface area contributed by atoms with Crippen LogP contribution in [0.1, 0.15) is 115 Å². The van der Waals surface area contributed by atoms with Crippen LogP contribution < -0.4 is 16.0 Å². The Bertz CT molecular complexity index is 1560. The zero-order chi connectivity index (χ0) is 35.4. The minimum Gasteiger partial charge on any atom is -0.356 e. The summed E-state index contributed by atoms with van der Waals surface area (Å²) in [6.07, 6.45) is 14.5. The van der Waals surface area contributed by atoms with E-state index in [9.17, 15) is 4.79 Å². The summed E-state index contributed by atoms with van der Waals surface area (Å²) in [7, 11) is 0. The zero-order valence-corrected chi connectivity index (χ0v) is 31.3. The maximum Gasteiger partial charge on any atom is 0.247 e. The van der Waals surface area contributed by atoms with E-state index in [1.807, 2.05) is 0 Å². The predicted molar refractivity (Wildman–Crippen MR) is 215 cm³/mol. The Morgan fingerprint density at radius 3 is 1.96 bits per heavy atom. The third kappa shape index (κ3) is 12.0. The van der Waals surface area contributed by atoms with E-state index in [1.165, 1.54) is 79.7 Å². The molecule has 5 heteroatoms. The molecule has 1 atom stereocenters. The van der Waals surface area contributed by atoms with Crippen LogP contribution in [0.3, 0.4) is 0 Å². The molecule has 4 aromatic rings. The second-order valence-electron chi connectivity index (χ2n) is 14.0. The maximum atomic E-state index is 14.2. The molecule has 4 rings (SSSR count). The quantitative estimate of drug-likeness (QED) is 0.0468. The summed E-state index contributed by atoms with van der Waals surface area (Å²) in [5.41, 5.74) is 4.90. The molecule has 0 radical (unpaired) electrons. The largest absolute Gasteiger partial charge is 0.356 e. The average Bonchev–Trinajstić information content (AvgIpc) is 3.15. The molecule has 0 aromatic heterocycles. The van der Waals surface area contributed by atoms with E-state index in [2.05, 4.69) is 141 Å². The van der Waals surface area contributed by atoms with Gasteiger partial charge in [0.05, 0.1) is 0 Å². The van der Waals surface area contributed by atoms with E-state index in [0.717, 1.165) is 37.1 Å². The van der Waals surface area contributed by atoms with Crippen molar-refractivity contribution in [1.82, 2.24) is 10.6 Å². The van der Waals surface area contributed by atoms with Gasteiger partial charge in [-0.05, 0) is 83.5 Å². The van der Waals surface area contributed by atoms with E-state index < -0.39 is 6.04 Å². The average molecular weight is 675 g/mol. The van der Waals surface area contributed by atoms with Gasteiger partial charge in [0.1, 0.15) is 6.04 Å². The van der Waals surface area contributed by atoms with Gasteiger partial charge < -0.3 is 16.0 Å². The Morgan fingerprint density at radius 1 is 0.680 bits per heavy atom. The highest BCUT2D eigenvalue weighted by Crippen LogP contribution is 2.40. The van der Waals surface area contributed by atoms with Crippen LogP contribution in [-0.2, 0) is 23.1 Å². The lowest BCUT2D eigenvalue weighted by atomic mass is 9.69. The number of hydrogen-bond donors (Lipinski definition) is 3. The van der Waals surface area contributed by atoms with Gasteiger partial charge in [0.2, 0.25) is 5.91 Å². The first-order chi connectivity index (χ1) is 24.5. The van der Waals surface area contributed by atoms with Crippen LogP contribution in [0, 0.1) is 0 Å². The molecule has 0 saturated carbocycles. The van der Waals surface area contributed by atoms with Crippen LogP contribution in [-0.4, -0.2) is 31.0 Å². The highest BCUT2D eigenvalue weighted by Gasteiger charge is 2.30. The van der Waals surface area contributed by atoms with Gasteiger partial charge in [-0.15, -0.1) is 0 Å². The number of unbranched alkanes of at least 4 members (excludes halogenated alkanes) is 3. The van der Waals surface area contributed by atoms with Crippen LogP contribution in [0.5, 0.6) is 0 Å². The summed E-state index contributed by atoms with van der Waals surface area (Å²) in [6, 6.07) is 33.7. The summed E-state index contributed by atoms with van der Waals surface area (Å²) in [4.78, 5) is 19.0. The number of fused-ring (bicyclic) bond motifs is 1. The molecule has 0 aliphatic heterocycles. The highest BCUT2D eigenvalue weighted by molar-refractivity contribution is 5.98. The van der Waals surface area contributed by atoms with Crippen molar-refractivity contribution in [3.63, 3.8) is 0 Å². The summed E-state index contributed by atoms with van der Waals surface area (Å²) in [5.74, 6) is 0.624. The van der Waals surface area contributed by atoms with Gasteiger partial charge in [-0.3, -0.25) is 9.79 Å². The van der Waals surface area contributed by atoms with Crippen molar-refractivity contribution >= 4 is 28.3 Å². The predicted octanol–water partition coefficient (Wildman–Crippen LogP) is 10.8. The molecule has 50 heavy (non-hydrogen) atoms. The number of amides is 1. The van der Waals surface area contributed by atoms with Crippen LogP contribution in [0.4, 0.5) is 5.69 Å². The number of nitrogens with one attached hydrogen (secondary N) is 3. The Kier molecular flexibility index (Phi) is 16.4. The topological polar surface area (TPSA) is 65.5 Å². The third-order valence-electron chi connectivity index (χ3n) is 9.94. The molecule has 0 heterocycles. The van der Waals surface area contributed by atoms with E-state index >= 15 is 0 Å². The molecule has 0 fully saturated rings. The fourth-order valence-corrected chi connectivity index (χ4v) is 6.99. The molecule has 0 aliphatic carbocycles. The standard InChI is InChI=1S/C45H62N4O/c1-5-9-29-45(30-10-6-2,31-11-7-3)40-25-27-41(28-26-40)48-43(50)42(35-37-23-24-38-21-15-16-22-39(38)34-37)49-44(46-32-8-4)47-33-17-20-36-18-13-12-14-19-36/h12-16,18-19,21-28,34,42H,5-11,17,20,29-33,35H2,1-4H3,(H,48,50)(H2,46,47,49). The highest BCUT2D eigenvalue weighted by atomic mass is 16.2. The lowest BCUT2D eigenvalue weighted by Crippen LogP contribution is -2.50. The molecule has 0 aliphatic rings. The van der Waals surface area contributed by atoms with Gasteiger partial charge in [-0.2, -0.15) is 0 Å². The molecule has 1 unspecified atom stereocenters. The monoisotopic (exact) mass is 674 g/mol. The van der Waals surface area contributed by atoms with Crippen molar-refractivity contribution in [3.05, 3.63) is 114 Å². The number of benzene rings is 4. The Morgan fingerprint density at radius 2 is 1.32 bits per heavy atom. The molecule has 0 saturated heterocycles. The Labute approximate surface area is 302 Å². The SMILES string of the molecule is CCCCC(CCCC)(CCCC)c1ccc(NC(=O)C(Cc2ccc3ccccc3c2)NC(=NCCC)NCCCc2ccccc2)cc1. The number of aryl methyl sites for hydroxylation is 1. The molecule has 3 N–H and O–H groups in total. The second-order valence-corrected chi connectivity index (χ2v) is 14.0. The van der Waals surface area contributed by atoms with Crippen molar-refractivity contribution < 1.29 is 4.79 Å². The van der Waals surface area contributed by atoms with Crippen LogP contribution in [0.2, 0.25) is 0 Å². The smallest absolute Gasteiger partial charge is 0.247 e. The van der Waals surface area contributed by atoms with Gasteiger partial charge >= 0.3 is 0 Å². The first-order valence-electron chi connectivity index (χ1n) is 19.5. The van der Waals surface area contributed by atoms with Crippen molar-refractivity contribution in [1.29, 1.82) is 0 Å². The van der Waals surface area contributed by atoms with Crippen molar-refractivity contribution in [2.45, 2.75) is 123 Å². The molecular weight excluding hydrogens is 613 g/mol. The molecule has 4 aromatic carbocycles. The fraction of sp³-hybridized carbons (Fsp3) is 0.467. The first kappa shape index (κ1) is 38.7. The van der Waals surface area contributed by atoms with Crippen LogP contribution in [0.15, 0.2) is 102 Å². The summed E-state index contributed by atoms with van der Waals surface area (Å²) in [6.45, 7) is 10.5. The van der Waals surface area contributed by atoms with Crippen molar-refractivity contribution in [3.8, 4) is 0 Å². The molecule has 0 spiro atoms. The van der Waals surface area contributed by atoms with Gasteiger partial charge in [0, 0.05) is 25.2 Å². The number of rotatable bonds is 21. The normalized spacial score (nSPS) is 12.5. The molecule has 0 bridgehead atoms. The van der Waals surface area contributed by atoms with Crippen molar-refractivity contribution in [2.24, 2.45) is 4.99 Å². The van der Waals surface area contributed by atoms with E-state index in [4.69, 9.17) is 4.99 Å². The Hall–Kier alpha value is -4.12. The van der Waals surface area contributed by atoms with Crippen LogP contribution in [0.25, 0.3) is 10.8 Å². The number of guanidine groups is 1. The third-order valence-corrected chi connectivity index (χ3v) is 9.94. The van der Waals surface area contributed by atoms with Gasteiger partial charge in [-0.25, -0.2) is 0 Å². The van der Waals surface area contributed by atoms with E-state index in [-0.39, 0.29) is 11.3 Å². The molecule has 5 nitrogen and oxygen atoms in total.